The first-order chi connectivity index (χ1) is 12.9. The Morgan fingerprint density at radius 1 is 1.25 bits per heavy atom. The first kappa shape index (κ1) is 22.8. The standard InChI is InChI=1S/C19H26ClN3O3S2/c1-10(2)12-7-8-13(20)15(11(3)4)16(12)22-17(24)23-28(26)18-21-14(9-27-18)19(5,6)25/h7-11,25H,1-6H3,(H2,22,23,24). The van der Waals surface area contributed by atoms with Crippen molar-refractivity contribution in [2.45, 2.75) is 63.3 Å². The van der Waals surface area contributed by atoms with Crippen LogP contribution in [-0.4, -0.2) is 20.3 Å². The average Bonchev–Trinajstić information content (AvgIpc) is 3.04. The Morgan fingerprint density at radius 3 is 2.39 bits per heavy atom. The summed E-state index contributed by atoms with van der Waals surface area (Å²) in [6.07, 6.45) is 0. The molecule has 28 heavy (non-hydrogen) atoms. The highest BCUT2D eigenvalue weighted by molar-refractivity contribution is 7.85. The number of hydrogen-bond acceptors (Lipinski definition) is 5. The van der Waals surface area contributed by atoms with Crippen molar-refractivity contribution in [1.82, 2.24) is 9.71 Å². The third-order valence-electron chi connectivity index (χ3n) is 4.12. The second-order valence-electron chi connectivity index (χ2n) is 7.62. The maximum Gasteiger partial charge on any atom is 0.331 e. The zero-order valence-electron chi connectivity index (χ0n) is 16.8. The molecule has 1 aromatic carbocycles. The highest BCUT2D eigenvalue weighted by Crippen LogP contribution is 2.37. The number of anilines is 1. The summed E-state index contributed by atoms with van der Waals surface area (Å²) in [6.45, 7) is 11.2. The van der Waals surface area contributed by atoms with Gasteiger partial charge in [-0.2, -0.15) is 0 Å². The number of nitrogens with zero attached hydrogens (tertiary/aromatic N) is 1. The highest BCUT2D eigenvalue weighted by atomic mass is 35.5. The van der Waals surface area contributed by atoms with Crippen molar-refractivity contribution < 1.29 is 14.1 Å². The number of thiazole rings is 1. The summed E-state index contributed by atoms with van der Waals surface area (Å²) in [5, 5.41) is 15.0. The molecular formula is C19H26ClN3O3S2. The van der Waals surface area contributed by atoms with Crippen LogP contribution in [0.25, 0.3) is 0 Å². The van der Waals surface area contributed by atoms with E-state index in [1.54, 1.807) is 19.2 Å². The molecule has 1 heterocycles. The van der Waals surface area contributed by atoms with E-state index in [9.17, 15) is 14.1 Å². The predicted octanol–water partition coefficient (Wildman–Crippen LogP) is 5.12. The molecule has 154 valence electrons. The monoisotopic (exact) mass is 443 g/mol. The van der Waals surface area contributed by atoms with Gasteiger partial charge in [0.15, 0.2) is 11.0 Å². The first-order valence-corrected chi connectivity index (χ1v) is 11.3. The van der Waals surface area contributed by atoms with Gasteiger partial charge in [-0.3, -0.25) is 4.72 Å². The fraction of sp³-hybridized carbons (Fsp3) is 0.474. The smallest absolute Gasteiger partial charge is 0.331 e. The van der Waals surface area contributed by atoms with E-state index in [0.29, 0.717) is 16.4 Å². The van der Waals surface area contributed by atoms with Crippen LogP contribution in [0.2, 0.25) is 5.02 Å². The van der Waals surface area contributed by atoms with Crippen molar-refractivity contribution in [2.24, 2.45) is 0 Å². The molecule has 1 atom stereocenters. The lowest BCUT2D eigenvalue weighted by molar-refractivity contribution is 0.0741. The Balaban J connectivity index is 2.24. The number of amides is 2. The SMILES string of the molecule is CC(C)c1ccc(Cl)c(C(C)C)c1NC(=O)NS(=O)c1nc(C(C)(C)O)cs1. The Labute approximate surface area is 177 Å². The van der Waals surface area contributed by atoms with Crippen molar-refractivity contribution >= 4 is 45.6 Å². The summed E-state index contributed by atoms with van der Waals surface area (Å²) in [5.41, 5.74) is 1.70. The molecule has 1 aromatic heterocycles. The van der Waals surface area contributed by atoms with Crippen molar-refractivity contribution in [3.05, 3.63) is 39.4 Å². The molecule has 3 N–H and O–H groups in total. The lowest BCUT2D eigenvalue weighted by Crippen LogP contribution is -2.31. The molecule has 0 aliphatic rings. The fourth-order valence-electron chi connectivity index (χ4n) is 2.69. The minimum Gasteiger partial charge on any atom is -0.384 e. The molecule has 6 nitrogen and oxygen atoms in total. The van der Waals surface area contributed by atoms with Crippen LogP contribution in [0, 0.1) is 0 Å². The van der Waals surface area contributed by atoms with E-state index in [-0.39, 0.29) is 16.2 Å². The Bertz CT molecular complexity index is 889. The molecule has 0 saturated heterocycles. The summed E-state index contributed by atoms with van der Waals surface area (Å²) in [5.74, 6) is 0.268. The number of urea groups is 1. The fourth-order valence-corrected chi connectivity index (χ4v) is 4.87. The lowest BCUT2D eigenvalue weighted by Gasteiger charge is -2.21. The number of rotatable bonds is 6. The minimum atomic E-state index is -1.84. The van der Waals surface area contributed by atoms with Crippen molar-refractivity contribution in [3.8, 4) is 0 Å². The summed E-state index contributed by atoms with van der Waals surface area (Å²) in [7, 11) is -1.84. The molecular weight excluding hydrogens is 418 g/mol. The number of carbonyl (C=O) groups excluding carboxylic acids is 1. The van der Waals surface area contributed by atoms with Gasteiger partial charge in [-0.25, -0.2) is 14.0 Å². The largest absolute Gasteiger partial charge is 0.384 e. The molecule has 2 rings (SSSR count). The van der Waals surface area contributed by atoms with Gasteiger partial charge in [0, 0.05) is 10.4 Å². The second-order valence-corrected chi connectivity index (χ2v) is 10.3. The highest BCUT2D eigenvalue weighted by Gasteiger charge is 2.23. The van der Waals surface area contributed by atoms with Gasteiger partial charge in [-0.15, -0.1) is 11.3 Å². The van der Waals surface area contributed by atoms with Crippen LogP contribution < -0.4 is 10.0 Å². The summed E-state index contributed by atoms with van der Waals surface area (Å²) in [6, 6.07) is 3.12. The number of nitrogens with one attached hydrogen (secondary N) is 2. The molecule has 0 spiro atoms. The van der Waals surface area contributed by atoms with E-state index in [0.717, 1.165) is 22.5 Å². The quantitative estimate of drug-likeness (QED) is 0.578. The number of halogens is 1. The Kier molecular flexibility index (Phi) is 7.25. The molecule has 0 fully saturated rings. The van der Waals surface area contributed by atoms with E-state index < -0.39 is 22.6 Å². The molecule has 9 heteroatoms. The molecule has 0 saturated carbocycles. The maximum atomic E-state index is 12.5. The van der Waals surface area contributed by atoms with Gasteiger partial charge in [0.2, 0.25) is 4.34 Å². The number of carbonyl (C=O) groups is 1. The lowest BCUT2D eigenvalue weighted by atomic mass is 9.92. The van der Waals surface area contributed by atoms with Gasteiger partial charge < -0.3 is 10.4 Å². The molecule has 2 aromatic rings. The van der Waals surface area contributed by atoms with Gasteiger partial charge >= 0.3 is 6.03 Å². The Hall–Kier alpha value is -1.48. The molecule has 0 radical (unpaired) electrons. The van der Waals surface area contributed by atoms with Crippen molar-refractivity contribution in [3.63, 3.8) is 0 Å². The van der Waals surface area contributed by atoms with Gasteiger partial charge in [-0.1, -0.05) is 45.4 Å². The topological polar surface area (TPSA) is 91.3 Å². The molecule has 0 aliphatic carbocycles. The number of hydrogen-bond donors (Lipinski definition) is 3. The van der Waals surface area contributed by atoms with E-state index >= 15 is 0 Å². The van der Waals surface area contributed by atoms with Crippen LogP contribution in [0.5, 0.6) is 0 Å². The van der Waals surface area contributed by atoms with Gasteiger partial charge in [0.25, 0.3) is 0 Å². The average molecular weight is 444 g/mol. The molecule has 1 unspecified atom stereocenters. The van der Waals surface area contributed by atoms with Crippen LogP contribution >= 0.6 is 22.9 Å². The van der Waals surface area contributed by atoms with Crippen LogP contribution in [0.1, 0.15) is 70.2 Å². The summed E-state index contributed by atoms with van der Waals surface area (Å²) >= 11 is 7.48. The minimum absolute atomic E-state index is 0.0975. The predicted molar refractivity (Wildman–Crippen MR) is 116 cm³/mol. The van der Waals surface area contributed by atoms with Crippen molar-refractivity contribution in [1.29, 1.82) is 0 Å². The van der Waals surface area contributed by atoms with Crippen LogP contribution in [0.15, 0.2) is 21.9 Å². The van der Waals surface area contributed by atoms with Crippen molar-refractivity contribution in [2.75, 3.05) is 5.32 Å². The van der Waals surface area contributed by atoms with Gasteiger partial charge in [-0.05, 0) is 42.9 Å². The van der Waals surface area contributed by atoms with Crippen LogP contribution in [0.3, 0.4) is 0 Å². The van der Waals surface area contributed by atoms with E-state index in [4.69, 9.17) is 11.6 Å². The van der Waals surface area contributed by atoms with E-state index in [1.807, 2.05) is 39.8 Å². The zero-order valence-corrected chi connectivity index (χ0v) is 19.2. The first-order valence-electron chi connectivity index (χ1n) is 8.91. The number of aromatic nitrogens is 1. The van der Waals surface area contributed by atoms with Crippen LogP contribution in [0.4, 0.5) is 10.5 Å². The van der Waals surface area contributed by atoms with E-state index in [2.05, 4.69) is 15.0 Å². The van der Waals surface area contributed by atoms with E-state index in [1.165, 1.54) is 0 Å². The molecule has 0 bridgehead atoms. The second kappa shape index (κ2) is 8.90. The Morgan fingerprint density at radius 2 is 1.89 bits per heavy atom. The maximum absolute atomic E-state index is 12.5. The van der Waals surface area contributed by atoms with Crippen LogP contribution in [-0.2, 0) is 16.6 Å². The number of aliphatic hydroxyl groups is 1. The normalized spacial score (nSPS) is 13.1. The third kappa shape index (κ3) is 5.31. The van der Waals surface area contributed by atoms with Gasteiger partial charge in [0.05, 0.1) is 11.4 Å². The zero-order chi connectivity index (χ0) is 21.2. The third-order valence-corrected chi connectivity index (χ3v) is 6.60. The number of benzene rings is 1. The molecule has 2 amide bonds. The molecule has 0 aliphatic heterocycles. The van der Waals surface area contributed by atoms with Gasteiger partial charge in [0.1, 0.15) is 5.60 Å². The summed E-state index contributed by atoms with van der Waals surface area (Å²) in [4.78, 5) is 16.7. The summed E-state index contributed by atoms with van der Waals surface area (Å²) < 4.78 is 15.1.